The van der Waals surface area contributed by atoms with Gasteiger partial charge < -0.3 is 20.5 Å². The summed E-state index contributed by atoms with van der Waals surface area (Å²) in [4.78, 5) is 35.8. The zero-order chi connectivity index (χ0) is 24.7. The molecule has 3 N–H and O–H groups in total. The third kappa shape index (κ3) is 4.14. The summed E-state index contributed by atoms with van der Waals surface area (Å²) >= 11 is 5.79. The van der Waals surface area contributed by atoms with Crippen LogP contribution in [0.4, 0.5) is 14.6 Å². The topological polar surface area (TPSA) is 106 Å². The Morgan fingerprint density at radius 1 is 1.17 bits per heavy atom. The number of halogens is 3. The van der Waals surface area contributed by atoms with Crippen molar-refractivity contribution in [2.24, 2.45) is 0 Å². The van der Waals surface area contributed by atoms with E-state index in [9.17, 15) is 18.4 Å². The van der Waals surface area contributed by atoms with Crippen LogP contribution in [0, 0.1) is 5.82 Å². The molecule has 4 aromatic rings. The Balaban J connectivity index is 1.39. The van der Waals surface area contributed by atoms with Gasteiger partial charge in [0.2, 0.25) is 11.8 Å². The summed E-state index contributed by atoms with van der Waals surface area (Å²) in [6, 6.07) is 10.8. The SMILES string of the molecule is Nc1ncnc2c1c1ccccc1n2CC(=O)N1C[C@H](F)C[C@H]1C(=O)NCc1cccc(Cl)c1F. The number of anilines is 1. The summed E-state index contributed by atoms with van der Waals surface area (Å²) in [5.74, 6) is -1.36. The van der Waals surface area contributed by atoms with Gasteiger partial charge in [-0.15, -0.1) is 0 Å². The van der Waals surface area contributed by atoms with Crippen LogP contribution in [0.1, 0.15) is 12.0 Å². The number of rotatable bonds is 5. The van der Waals surface area contributed by atoms with Crippen molar-refractivity contribution in [3.63, 3.8) is 0 Å². The fourth-order valence-electron chi connectivity index (χ4n) is 4.57. The van der Waals surface area contributed by atoms with Gasteiger partial charge in [0, 0.05) is 23.9 Å². The van der Waals surface area contributed by atoms with Crippen LogP contribution in [0.15, 0.2) is 48.8 Å². The summed E-state index contributed by atoms with van der Waals surface area (Å²) in [5.41, 5.74) is 7.46. The van der Waals surface area contributed by atoms with E-state index in [2.05, 4.69) is 15.3 Å². The summed E-state index contributed by atoms with van der Waals surface area (Å²) < 4.78 is 30.2. The lowest BCUT2D eigenvalue weighted by atomic mass is 10.1. The highest BCUT2D eigenvalue weighted by atomic mass is 35.5. The highest BCUT2D eigenvalue weighted by Gasteiger charge is 2.40. The van der Waals surface area contributed by atoms with Crippen LogP contribution in [0.25, 0.3) is 21.9 Å². The van der Waals surface area contributed by atoms with Gasteiger partial charge in [-0.1, -0.05) is 41.9 Å². The number of benzene rings is 2. The Morgan fingerprint density at radius 3 is 2.80 bits per heavy atom. The van der Waals surface area contributed by atoms with Gasteiger partial charge >= 0.3 is 0 Å². The van der Waals surface area contributed by atoms with Gasteiger partial charge in [0.05, 0.1) is 22.5 Å². The number of nitrogens with one attached hydrogen (secondary N) is 1. The van der Waals surface area contributed by atoms with Gasteiger partial charge in [-0.3, -0.25) is 9.59 Å². The predicted molar refractivity (Wildman–Crippen MR) is 128 cm³/mol. The molecular formula is C24H21ClF2N6O2. The third-order valence-corrected chi connectivity index (χ3v) is 6.52. The van der Waals surface area contributed by atoms with E-state index in [-0.39, 0.29) is 42.5 Å². The Hall–Kier alpha value is -3.79. The number of hydrogen-bond donors (Lipinski definition) is 2. The molecule has 11 heteroatoms. The van der Waals surface area contributed by atoms with Gasteiger partial charge in [-0.05, 0) is 12.1 Å². The third-order valence-electron chi connectivity index (χ3n) is 6.23. The van der Waals surface area contributed by atoms with Gasteiger partial charge in [-0.25, -0.2) is 18.7 Å². The van der Waals surface area contributed by atoms with E-state index in [1.807, 2.05) is 24.3 Å². The van der Waals surface area contributed by atoms with Crippen LogP contribution in [0.3, 0.4) is 0 Å². The quantitative estimate of drug-likeness (QED) is 0.439. The molecule has 1 fully saturated rings. The first-order valence-corrected chi connectivity index (χ1v) is 11.3. The Labute approximate surface area is 203 Å². The summed E-state index contributed by atoms with van der Waals surface area (Å²) in [6.07, 6.45) is -0.178. The predicted octanol–water partition coefficient (Wildman–Crippen LogP) is 3.21. The zero-order valence-electron chi connectivity index (χ0n) is 18.4. The molecule has 1 aliphatic rings. The number of carbonyl (C=O) groups is 2. The van der Waals surface area contributed by atoms with Crippen LogP contribution in [-0.2, 0) is 22.7 Å². The molecule has 2 amide bonds. The van der Waals surface area contributed by atoms with Crippen LogP contribution in [0.2, 0.25) is 5.02 Å². The molecule has 2 aromatic carbocycles. The van der Waals surface area contributed by atoms with Crippen LogP contribution >= 0.6 is 11.6 Å². The average Bonchev–Trinajstić information content (AvgIpc) is 3.39. The molecule has 0 radical (unpaired) electrons. The van der Waals surface area contributed by atoms with Crippen molar-refractivity contribution < 1.29 is 18.4 Å². The van der Waals surface area contributed by atoms with E-state index in [4.69, 9.17) is 17.3 Å². The standard InChI is InChI=1S/C24H21ClF2N6O2/c25-16-6-3-4-13(21(16)27)9-29-24(35)18-8-14(26)10-32(18)19(34)11-33-17-7-2-1-5-15(17)20-22(28)30-12-31-23(20)33/h1-7,12,14,18H,8-11H2,(H,29,35)(H2,28,30,31)/t14-,18+/m1/s1. The number of alkyl halides is 1. The number of likely N-dealkylation sites (tertiary alicyclic amines) is 1. The first kappa shape index (κ1) is 23.0. The molecule has 35 heavy (non-hydrogen) atoms. The largest absolute Gasteiger partial charge is 0.383 e. The molecule has 1 aliphatic heterocycles. The van der Waals surface area contributed by atoms with Crippen molar-refractivity contribution in [2.45, 2.75) is 31.7 Å². The second-order valence-electron chi connectivity index (χ2n) is 8.39. The number of amides is 2. The van der Waals surface area contributed by atoms with E-state index >= 15 is 0 Å². The lowest BCUT2D eigenvalue weighted by Crippen LogP contribution is -2.46. The summed E-state index contributed by atoms with van der Waals surface area (Å²) in [6.45, 7) is -0.514. The molecule has 2 atom stereocenters. The minimum atomic E-state index is -1.35. The van der Waals surface area contributed by atoms with Crippen LogP contribution < -0.4 is 11.1 Å². The lowest BCUT2D eigenvalue weighted by molar-refractivity contribution is -0.138. The monoisotopic (exact) mass is 498 g/mol. The van der Waals surface area contributed by atoms with Crippen molar-refractivity contribution in [3.05, 3.63) is 65.2 Å². The van der Waals surface area contributed by atoms with Gasteiger partial charge in [0.15, 0.2) is 0 Å². The fraction of sp³-hybridized carbons (Fsp3) is 0.250. The van der Waals surface area contributed by atoms with E-state index < -0.39 is 29.8 Å². The Kier molecular flexibility index (Phi) is 5.98. The molecule has 180 valence electrons. The maximum absolute atomic E-state index is 14.4. The molecule has 3 heterocycles. The molecule has 1 saturated heterocycles. The molecule has 0 unspecified atom stereocenters. The lowest BCUT2D eigenvalue weighted by Gasteiger charge is -2.24. The number of hydrogen-bond acceptors (Lipinski definition) is 5. The number of carbonyl (C=O) groups excluding carboxylic acids is 2. The molecule has 0 saturated carbocycles. The van der Waals surface area contributed by atoms with Crippen molar-refractivity contribution in [1.29, 1.82) is 0 Å². The van der Waals surface area contributed by atoms with Crippen molar-refractivity contribution >= 4 is 51.2 Å². The van der Waals surface area contributed by atoms with E-state index in [1.165, 1.54) is 23.4 Å². The maximum atomic E-state index is 14.4. The van der Waals surface area contributed by atoms with Crippen molar-refractivity contribution in [2.75, 3.05) is 12.3 Å². The second kappa shape index (κ2) is 9.10. The van der Waals surface area contributed by atoms with Gasteiger partial charge in [0.25, 0.3) is 0 Å². The minimum Gasteiger partial charge on any atom is -0.383 e. The minimum absolute atomic E-state index is 0.0612. The van der Waals surface area contributed by atoms with E-state index in [0.29, 0.717) is 11.0 Å². The molecule has 0 spiro atoms. The number of para-hydroxylation sites is 1. The second-order valence-corrected chi connectivity index (χ2v) is 8.79. The molecule has 5 rings (SSSR count). The number of nitrogens with zero attached hydrogens (tertiary/aromatic N) is 4. The van der Waals surface area contributed by atoms with Crippen LogP contribution in [-0.4, -0.2) is 50.0 Å². The molecule has 8 nitrogen and oxygen atoms in total. The molecule has 2 aromatic heterocycles. The van der Waals surface area contributed by atoms with Crippen molar-refractivity contribution in [3.8, 4) is 0 Å². The summed E-state index contributed by atoms with van der Waals surface area (Å²) in [7, 11) is 0. The van der Waals surface area contributed by atoms with E-state index in [0.717, 1.165) is 10.9 Å². The van der Waals surface area contributed by atoms with E-state index in [1.54, 1.807) is 10.6 Å². The van der Waals surface area contributed by atoms with Crippen molar-refractivity contribution in [1.82, 2.24) is 24.8 Å². The van der Waals surface area contributed by atoms with Gasteiger partial charge in [-0.2, -0.15) is 0 Å². The number of nitrogen functional groups attached to an aromatic ring is 1. The molecule has 0 aliphatic carbocycles. The summed E-state index contributed by atoms with van der Waals surface area (Å²) in [5, 5.41) is 3.95. The first-order chi connectivity index (χ1) is 16.8. The normalized spacial score (nSPS) is 17.9. The number of fused-ring (bicyclic) bond motifs is 3. The molecule has 0 bridgehead atoms. The zero-order valence-corrected chi connectivity index (χ0v) is 19.2. The highest BCUT2D eigenvalue weighted by molar-refractivity contribution is 6.30. The highest BCUT2D eigenvalue weighted by Crippen LogP contribution is 2.31. The fourth-order valence-corrected chi connectivity index (χ4v) is 4.76. The smallest absolute Gasteiger partial charge is 0.243 e. The molecular weight excluding hydrogens is 478 g/mol. The van der Waals surface area contributed by atoms with Crippen LogP contribution in [0.5, 0.6) is 0 Å². The first-order valence-electron chi connectivity index (χ1n) is 11.0. The Morgan fingerprint density at radius 2 is 1.97 bits per heavy atom. The number of nitrogens with two attached hydrogens (primary N) is 1. The maximum Gasteiger partial charge on any atom is 0.243 e. The Bertz CT molecular complexity index is 1460. The van der Waals surface area contributed by atoms with Gasteiger partial charge in [0.1, 0.15) is 42.4 Å². The number of aromatic nitrogens is 3. The average molecular weight is 499 g/mol.